The van der Waals surface area contributed by atoms with E-state index in [2.05, 4.69) is 32.3 Å². The third kappa shape index (κ3) is 4.30. The number of thiazole rings is 1. The lowest BCUT2D eigenvalue weighted by Crippen LogP contribution is -2.45. The fraction of sp³-hybridized carbons (Fsp3) is 0.300. The summed E-state index contributed by atoms with van der Waals surface area (Å²) in [6.07, 6.45) is 1.87. The first kappa shape index (κ1) is 17.6. The molecule has 3 heterocycles. The van der Waals surface area contributed by atoms with E-state index in [-0.39, 0.29) is 0 Å². The average molecular weight is 385 g/mol. The van der Waals surface area contributed by atoms with Crippen LogP contribution in [-0.2, 0) is 13.1 Å². The number of nitrogens with zero attached hydrogens (tertiary/aromatic N) is 4. The van der Waals surface area contributed by atoms with E-state index in [1.807, 2.05) is 36.5 Å². The number of benzene rings is 1. The molecular formula is C20H21ClN4S. The van der Waals surface area contributed by atoms with E-state index in [1.54, 1.807) is 11.3 Å². The maximum Gasteiger partial charge on any atom is 0.125 e. The summed E-state index contributed by atoms with van der Waals surface area (Å²) < 4.78 is 0. The molecule has 0 radical (unpaired) electrons. The smallest absolute Gasteiger partial charge is 0.125 e. The molecule has 6 heteroatoms. The lowest BCUT2D eigenvalue weighted by Gasteiger charge is -2.34. The summed E-state index contributed by atoms with van der Waals surface area (Å²) in [6.45, 7) is 6.09. The molecule has 0 N–H and O–H groups in total. The highest BCUT2D eigenvalue weighted by Gasteiger charge is 2.18. The van der Waals surface area contributed by atoms with Crippen LogP contribution in [0.5, 0.6) is 0 Å². The Labute approximate surface area is 163 Å². The molecular weight excluding hydrogens is 364 g/mol. The van der Waals surface area contributed by atoms with E-state index in [0.29, 0.717) is 0 Å². The molecule has 3 aromatic rings. The Kier molecular flexibility index (Phi) is 5.60. The molecule has 0 spiro atoms. The Hall–Kier alpha value is -1.79. The summed E-state index contributed by atoms with van der Waals surface area (Å²) in [7, 11) is 0. The molecule has 1 aromatic carbocycles. The van der Waals surface area contributed by atoms with Gasteiger partial charge in [-0.3, -0.25) is 14.8 Å². The molecule has 134 valence electrons. The zero-order chi connectivity index (χ0) is 17.8. The normalized spacial score (nSPS) is 16.0. The van der Waals surface area contributed by atoms with Gasteiger partial charge >= 0.3 is 0 Å². The van der Waals surface area contributed by atoms with Gasteiger partial charge in [-0.2, -0.15) is 0 Å². The summed E-state index contributed by atoms with van der Waals surface area (Å²) >= 11 is 7.95. The van der Waals surface area contributed by atoms with E-state index in [4.69, 9.17) is 16.6 Å². The first-order chi connectivity index (χ1) is 12.8. The second-order valence-corrected chi connectivity index (χ2v) is 7.76. The molecule has 0 bridgehead atoms. The van der Waals surface area contributed by atoms with Crippen molar-refractivity contribution in [1.82, 2.24) is 19.8 Å². The molecule has 0 saturated carbocycles. The first-order valence-corrected chi connectivity index (χ1v) is 10.1. The average Bonchev–Trinajstić information content (AvgIpc) is 3.13. The second kappa shape index (κ2) is 8.27. The Balaban J connectivity index is 1.32. The van der Waals surface area contributed by atoms with Crippen molar-refractivity contribution in [2.75, 3.05) is 26.2 Å². The van der Waals surface area contributed by atoms with Crippen molar-refractivity contribution in [3.63, 3.8) is 0 Å². The number of aromatic nitrogens is 2. The topological polar surface area (TPSA) is 32.3 Å². The van der Waals surface area contributed by atoms with Gasteiger partial charge in [-0.25, -0.2) is 4.98 Å². The minimum Gasteiger partial charge on any atom is -0.295 e. The predicted molar refractivity (Wildman–Crippen MR) is 107 cm³/mol. The molecule has 1 saturated heterocycles. The molecule has 1 aliphatic heterocycles. The zero-order valence-corrected chi connectivity index (χ0v) is 16.1. The Morgan fingerprint density at radius 2 is 1.58 bits per heavy atom. The summed E-state index contributed by atoms with van der Waals surface area (Å²) in [5, 5.41) is 3.91. The van der Waals surface area contributed by atoms with Crippen molar-refractivity contribution in [2.24, 2.45) is 0 Å². The summed E-state index contributed by atoms with van der Waals surface area (Å²) in [4.78, 5) is 14.2. The van der Waals surface area contributed by atoms with Crippen LogP contribution in [0.4, 0.5) is 0 Å². The molecule has 1 fully saturated rings. The van der Waals surface area contributed by atoms with Gasteiger partial charge in [0.15, 0.2) is 0 Å². The van der Waals surface area contributed by atoms with Crippen LogP contribution in [0.25, 0.3) is 10.6 Å². The highest BCUT2D eigenvalue weighted by molar-refractivity contribution is 7.13. The van der Waals surface area contributed by atoms with Gasteiger partial charge in [-0.05, 0) is 18.2 Å². The molecule has 0 unspecified atom stereocenters. The van der Waals surface area contributed by atoms with Gasteiger partial charge in [-0.1, -0.05) is 35.9 Å². The van der Waals surface area contributed by atoms with E-state index in [9.17, 15) is 0 Å². The minimum absolute atomic E-state index is 0.761. The van der Waals surface area contributed by atoms with Crippen LogP contribution in [0.15, 0.2) is 54.0 Å². The summed E-state index contributed by atoms with van der Waals surface area (Å²) in [5.41, 5.74) is 3.29. The van der Waals surface area contributed by atoms with E-state index >= 15 is 0 Å². The Morgan fingerprint density at radius 1 is 0.885 bits per heavy atom. The third-order valence-corrected chi connectivity index (χ3v) is 5.87. The highest BCUT2D eigenvalue weighted by atomic mass is 35.5. The van der Waals surface area contributed by atoms with Crippen molar-refractivity contribution in [3.8, 4) is 10.6 Å². The molecule has 4 rings (SSSR count). The number of hydrogen-bond acceptors (Lipinski definition) is 5. The molecule has 1 aliphatic rings. The lowest BCUT2D eigenvalue weighted by molar-refractivity contribution is 0.120. The number of rotatable bonds is 5. The predicted octanol–water partition coefficient (Wildman–Crippen LogP) is 4.18. The van der Waals surface area contributed by atoms with Crippen LogP contribution in [-0.4, -0.2) is 45.9 Å². The van der Waals surface area contributed by atoms with Gasteiger partial charge in [-0.15, -0.1) is 11.3 Å². The van der Waals surface area contributed by atoms with Gasteiger partial charge in [0.1, 0.15) is 5.01 Å². The number of halogens is 1. The fourth-order valence-electron chi connectivity index (χ4n) is 3.19. The van der Waals surface area contributed by atoms with Gasteiger partial charge in [0.25, 0.3) is 0 Å². The summed E-state index contributed by atoms with van der Waals surface area (Å²) in [6, 6.07) is 14.0. The molecule has 0 atom stereocenters. The molecule has 0 amide bonds. The van der Waals surface area contributed by atoms with Crippen LogP contribution in [0.3, 0.4) is 0 Å². The monoisotopic (exact) mass is 384 g/mol. The van der Waals surface area contributed by atoms with E-state index in [1.165, 1.54) is 0 Å². The lowest BCUT2D eigenvalue weighted by atomic mass is 10.2. The Morgan fingerprint density at radius 3 is 2.27 bits per heavy atom. The first-order valence-electron chi connectivity index (χ1n) is 8.82. The van der Waals surface area contributed by atoms with Crippen LogP contribution in [0, 0.1) is 0 Å². The minimum atomic E-state index is 0.761. The number of hydrogen-bond donors (Lipinski definition) is 0. The SMILES string of the molecule is Clc1ccccc1-c1nc(CN2CCN(Cc3ccccn3)CC2)cs1. The van der Waals surface area contributed by atoms with Crippen molar-refractivity contribution < 1.29 is 0 Å². The molecule has 26 heavy (non-hydrogen) atoms. The van der Waals surface area contributed by atoms with Crippen LogP contribution < -0.4 is 0 Å². The summed E-state index contributed by atoms with van der Waals surface area (Å²) in [5.74, 6) is 0. The fourth-order valence-corrected chi connectivity index (χ4v) is 4.32. The van der Waals surface area contributed by atoms with Crippen molar-refractivity contribution in [1.29, 1.82) is 0 Å². The zero-order valence-electron chi connectivity index (χ0n) is 14.5. The van der Waals surface area contributed by atoms with Gasteiger partial charge in [0, 0.05) is 56.4 Å². The van der Waals surface area contributed by atoms with Gasteiger partial charge < -0.3 is 0 Å². The van der Waals surface area contributed by atoms with Crippen molar-refractivity contribution in [3.05, 3.63) is 70.5 Å². The van der Waals surface area contributed by atoms with Gasteiger partial charge in [0.2, 0.25) is 0 Å². The molecule has 0 aliphatic carbocycles. The number of piperazine rings is 1. The van der Waals surface area contributed by atoms with E-state index < -0.39 is 0 Å². The maximum atomic E-state index is 6.29. The van der Waals surface area contributed by atoms with Gasteiger partial charge in [0.05, 0.1) is 16.4 Å². The quantitative estimate of drug-likeness (QED) is 0.660. The maximum absolute atomic E-state index is 6.29. The van der Waals surface area contributed by atoms with E-state index in [0.717, 1.165) is 66.3 Å². The largest absolute Gasteiger partial charge is 0.295 e. The van der Waals surface area contributed by atoms with Crippen molar-refractivity contribution in [2.45, 2.75) is 13.1 Å². The standard InChI is InChI=1S/C20H21ClN4S/c21-19-7-2-1-6-18(19)20-23-17(15-26-20)14-25-11-9-24(10-12-25)13-16-5-3-4-8-22-16/h1-8,15H,9-14H2. The van der Waals surface area contributed by atoms with Crippen LogP contribution >= 0.6 is 22.9 Å². The Bertz CT molecular complexity index is 844. The second-order valence-electron chi connectivity index (χ2n) is 6.50. The van der Waals surface area contributed by atoms with Crippen LogP contribution in [0.1, 0.15) is 11.4 Å². The van der Waals surface area contributed by atoms with Crippen LogP contribution in [0.2, 0.25) is 5.02 Å². The highest BCUT2D eigenvalue weighted by Crippen LogP contribution is 2.30. The molecule has 4 nitrogen and oxygen atoms in total. The van der Waals surface area contributed by atoms with Crippen molar-refractivity contribution >= 4 is 22.9 Å². The molecule has 2 aromatic heterocycles. The number of pyridine rings is 1. The third-order valence-electron chi connectivity index (χ3n) is 4.62.